The molecule has 6 nitrogen and oxygen atoms in total. The first-order valence-corrected chi connectivity index (χ1v) is 7.98. The molecule has 1 saturated heterocycles. The molecule has 2 N–H and O–H groups in total. The fourth-order valence-corrected chi connectivity index (χ4v) is 3.60. The molecular weight excluding hydrogens is 337 g/mol. The Bertz CT molecular complexity index is 760. The lowest BCUT2D eigenvalue weighted by Crippen LogP contribution is -2.29. The summed E-state index contributed by atoms with van der Waals surface area (Å²) in [5.74, 6) is -0.0570. The Hall–Kier alpha value is -1.79. The molecule has 0 aromatic carbocycles. The highest BCUT2D eigenvalue weighted by Gasteiger charge is 2.40. The van der Waals surface area contributed by atoms with Crippen LogP contribution < -0.4 is 10.6 Å². The average molecular weight is 354 g/mol. The van der Waals surface area contributed by atoms with Gasteiger partial charge in [-0.15, -0.1) is 0 Å². The van der Waals surface area contributed by atoms with Crippen molar-refractivity contribution in [3.63, 3.8) is 0 Å². The van der Waals surface area contributed by atoms with Gasteiger partial charge in [-0.3, -0.25) is 9.48 Å². The standard InChI is InChI=1S/C15H17Cl2N5O/c1-8-10(5-20-21(8)2)11-6-22(7-12(11)14(18)23)15-13(17)3-9(16)4-19-15/h3-5,11-12H,6-7H2,1-2H3,(H2,18,23)/t11-,12+/m1/s1. The highest BCUT2D eigenvalue weighted by molar-refractivity contribution is 6.36. The molecule has 1 aliphatic rings. The van der Waals surface area contributed by atoms with Gasteiger partial charge in [-0.2, -0.15) is 5.10 Å². The summed E-state index contributed by atoms with van der Waals surface area (Å²) in [6, 6.07) is 1.65. The van der Waals surface area contributed by atoms with E-state index in [2.05, 4.69) is 10.1 Å². The van der Waals surface area contributed by atoms with E-state index in [1.165, 1.54) is 0 Å². The number of carbonyl (C=O) groups is 1. The van der Waals surface area contributed by atoms with Gasteiger partial charge in [0.25, 0.3) is 0 Å². The lowest BCUT2D eigenvalue weighted by molar-refractivity contribution is -0.121. The third-order valence-electron chi connectivity index (χ3n) is 4.45. The van der Waals surface area contributed by atoms with Crippen LogP contribution in [-0.4, -0.2) is 33.8 Å². The molecule has 0 radical (unpaired) electrons. The SMILES string of the molecule is Cc1c([C@H]2CN(c3ncc(Cl)cc3Cl)C[C@@H]2C(N)=O)cnn1C. The van der Waals surface area contributed by atoms with Crippen LogP contribution in [-0.2, 0) is 11.8 Å². The molecule has 1 fully saturated rings. The monoisotopic (exact) mass is 353 g/mol. The molecule has 122 valence electrons. The van der Waals surface area contributed by atoms with Gasteiger partial charge in [0, 0.05) is 37.9 Å². The zero-order valence-corrected chi connectivity index (χ0v) is 14.3. The Morgan fingerprint density at radius 3 is 2.65 bits per heavy atom. The van der Waals surface area contributed by atoms with Crippen molar-refractivity contribution in [3.05, 3.63) is 39.8 Å². The van der Waals surface area contributed by atoms with E-state index in [0.29, 0.717) is 29.0 Å². The van der Waals surface area contributed by atoms with E-state index in [1.807, 2.05) is 18.9 Å². The number of halogens is 2. The highest BCUT2D eigenvalue weighted by Crippen LogP contribution is 2.38. The first kappa shape index (κ1) is 16.1. The van der Waals surface area contributed by atoms with Gasteiger partial charge in [0.05, 0.1) is 22.2 Å². The molecule has 0 spiro atoms. The van der Waals surface area contributed by atoms with Crippen LogP contribution in [0.2, 0.25) is 10.0 Å². The Kier molecular flexibility index (Phi) is 4.21. The Balaban J connectivity index is 1.95. The number of hydrogen-bond donors (Lipinski definition) is 1. The molecule has 8 heteroatoms. The summed E-state index contributed by atoms with van der Waals surface area (Å²) in [6.07, 6.45) is 3.35. The maximum Gasteiger partial charge on any atom is 0.223 e. The second-order valence-electron chi connectivity index (χ2n) is 5.79. The number of aromatic nitrogens is 3. The van der Waals surface area contributed by atoms with Crippen LogP contribution >= 0.6 is 23.2 Å². The smallest absolute Gasteiger partial charge is 0.223 e. The topological polar surface area (TPSA) is 77.0 Å². The number of amides is 1. The van der Waals surface area contributed by atoms with Gasteiger partial charge in [0.1, 0.15) is 5.82 Å². The van der Waals surface area contributed by atoms with Crippen molar-refractivity contribution in [2.75, 3.05) is 18.0 Å². The van der Waals surface area contributed by atoms with Gasteiger partial charge in [-0.05, 0) is 18.6 Å². The number of nitrogens with two attached hydrogens (primary N) is 1. The normalized spacial score (nSPS) is 21.0. The predicted octanol–water partition coefficient (Wildman–Crippen LogP) is 2.14. The number of aryl methyl sites for hydroxylation is 1. The number of anilines is 1. The van der Waals surface area contributed by atoms with Crippen LogP contribution in [0.5, 0.6) is 0 Å². The summed E-state index contributed by atoms with van der Waals surface area (Å²) in [5.41, 5.74) is 7.68. The fraction of sp³-hybridized carbons (Fsp3) is 0.400. The van der Waals surface area contributed by atoms with Gasteiger partial charge >= 0.3 is 0 Å². The summed E-state index contributed by atoms with van der Waals surface area (Å²) in [7, 11) is 1.88. The van der Waals surface area contributed by atoms with Crippen LogP contribution in [0.4, 0.5) is 5.82 Å². The van der Waals surface area contributed by atoms with E-state index in [0.717, 1.165) is 11.3 Å². The third-order valence-corrected chi connectivity index (χ3v) is 4.93. The zero-order chi connectivity index (χ0) is 16.7. The summed E-state index contributed by atoms with van der Waals surface area (Å²) in [5, 5.41) is 5.21. The summed E-state index contributed by atoms with van der Waals surface area (Å²) in [4.78, 5) is 18.2. The number of primary amides is 1. The number of nitrogens with zero attached hydrogens (tertiary/aromatic N) is 4. The van der Waals surface area contributed by atoms with Crippen LogP contribution in [0.3, 0.4) is 0 Å². The number of rotatable bonds is 3. The number of hydrogen-bond acceptors (Lipinski definition) is 4. The van der Waals surface area contributed by atoms with E-state index in [-0.39, 0.29) is 17.7 Å². The van der Waals surface area contributed by atoms with Crippen molar-refractivity contribution in [1.82, 2.24) is 14.8 Å². The lowest BCUT2D eigenvalue weighted by Gasteiger charge is -2.18. The van der Waals surface area contributed by atoms with Crippen LogP contribution in [0, 0.1) is 12.8 Å². The molecule has 0 bridgehead atoms. The Morgan fingerprint density at radius 1 is 1.35 bits per heavy atom. The van der Waals surface area contributed by atoms with Crippen molar-refractivity contribution in [2.24, 2.45) is 18.7 Å². The van der Waals surface area contributed by atoms with Crippen LogP contribution in [0.15, 0.2) is 18.5 Å². The molecule has 3 heterocycles. The molecule has 1 amide bonds. The van der Waals surface area contributed by atoms with E-state index in [1.54, 1.807) is 23.1 Å². The fourth-order valence-electron chi connectivity index (χ4n) is 3.10. The van der Waals surface area contributed by atoms with Crippen LogP contribution in [0.1, 0.15) is 17.2 Å². The van der Waals surface area contributed by atoms with E-state index < -0.39 is 0 Å². The zero-order valence-electron chi connectivity index (χ0n) is 12.8. The first-order valence-electron chi connectivity index (χ1n) is 7.22. The van der Waals surface area contributed by atoms with Crippen molar-refractivity contribution >= 4 is 34.9 Å². The minimum absolute atomic E-state index is 0.0326. The van der Waals surface area contributed by atoms with Crippen molar-refractivity contribution in [2.45, 2.75) is 12.8 Å². The molecule has 0 unspecified atom stereocenters. The van der Waals surface area contributed by atoms with E-state index in [9.17, 15) is 4.79 Å². The molecule has 23 heavy (non-hydrogen) atoms. The highest BCUT2D eigenvalue weighted by atomic mass is 35.5. The molecule has 0 saturated carbocycles. The van der Waals surface area contributed by atoms with Crippen molar-refractivity contribution < 1.29 is 4.79 Å². The molecule has 2 atom stereocenters. The predicted molar refractivity (Wildman–Crippen MR) is 89.8 cm³/mol. The first-order chi connectivity index (χ1) is 10.9. The van der Waals surface area contributed by atoms with E-state index in [4.69, 9.17) is 28.9 Å². The van der Waals surface area contributed by atoms with Gasteiger partial charge in [-0.25, -0.2) is 4.98 Å². The van der Waals surface area contributed by atoms with Gasteiger partial charge in [0.2, 0.25) is 5.91 Å². The molecule has 2 aromatic heterocycles. The molecule has 3 rings (SSSR count). The molecule has 1 aliphatic heterocycles. The Morgan fingerprint density at radius 2 is 2.09 bits per heavy atom. The average Bonchev–Trinajstić information content (AvgIpc) is 3.04. The molecule has 0 aliphatic carbocycles. The number of pyridine rings is 1. The van der Waals surface area contributed by atoms with Crippen molar-refractivity contribution in [3.8, 4) is 0 Å². The second kappa shape index (κ2) is 6.02. The van der Waals surface area contributed by atoms with Gasteiger partial charge < -0.3 is 10.6 Å². The minimum Gasteiger partial charge on any atom is -0.369 e. The van der Waals surface area contributed by atoms with Crippen molar-refractivity contribution in [1.29, 1.82) is 0 Å². The minimum atomic E-state index is -0.328. The quantitative estimate of drug-likeness (QED) is 0.916. The largest absolute Gasteiger partial charge is 0.369 e. The summed E-state index contributed by atoms with van der Waals surface area (Å²) < 4.78 is 1.80. The lowest BCUT2D eigenvalue weighted by atomic mass is 9.89. The summed E-state index contributed by atoms with van der Waals surface area (Å²) >= 11 is 12.1. The van der Waals surface area contributed by atoms with Gasteiger partial charge in [0.15, 0.2) is 0 Å². The number of carbonyl (C=O) groups excluding carboxylic acids is 1. The third kappa shape index (κ3) is 2.88. The van der Waals surface area contributed by atoms with Gasteiger partial charge in [-0.1, -0.05) is 23.2 Å². The van der Waals surface area contributed by atoms with Crippen LogP contribution in [0.25, 0.3) is 0 Å². The molecule has 2 aromatic rings. The summed E-state index contributed by atoms with van der Waals surface area (Å²) in [6.45, 7) is 3.06. The maximum atomic E-state index is 11.9. The Labute approximate surface area is 144 Å². The molecular formula is C15H17Cl2N5O. The maximum absolute atomic E-state index is 11.9. The second-order valence-corrected chi connectivity index (χ2v) is 6.63. The van der Waals surface area contributed by atoms with E-state index >= 15 is 0 Å².